The molecule has 3 aromatic heterocycles. The summed E-state index contributed by atoms with van der Waals surface area (Å²) < 4.78 is 8.59. The van der Waals surface area contributed by atoms with Gasteiger partial charge < -0.3 is 4.42 Å². The molecule has 206 valence electrons. The molecule has 0 aliphatic carbocycles. The Kier molecular flexibility index (Phi) is 5.68. The number of hydrogen-bond donors (Lipinski definition) is 0. The van der Waals surface area contributed by atoms with Crippen LogP contribution in [0.2, 0.25) is 0 Å². The molecule has 0 aliphatic rings. The first-order chi connectivity index (χ1) is 21.8. The van der Waals surface area contributed by atoms with Crippen molar-refractivity contribution in [3.05, 3.63) is 146 Å². The van der Waals surface area contributed by atoms with E-state index in [1.807, 2.05) is 59.9 Å². The minimum atomic E-state index is 0.724. The SMILES string of the molecule is c1ccc(-c2cc(-c3ccccc3)nc(-c3ccc4c(c3)sc3c(-c5ccc6oc7ccccc7c6c5)cccc34)n2)cc1. The number of hydrogen-bond acceptors (Lipinski definition) is 4. The van der Waals surface area contributed by atoms with E-state index in [2.05, 4.69) is 97.1 Å². The van der Waals surface area contributed by atoms with Crippen LogP contribution in [0, 0.1) is 0 Å². The van der Waals surface area contributed by atoms with Crippen molar-refractivity contribution < 1.29 is 4.42 Å². The monoisotopic (exact) mass is 580 g/mol. The molecule has 6 aromatic carbocycles. The zero-order chi connectivity index (χ0) is 29.0. The molecule has 0 radical (unpaired) electrons. The van der Waals surface area contributed by atoms with Gasteiger partial charge in [-0.05, 0) is 41.5 Å². The Bertz CT molecular complexity index is 2440. The molecule has 44 heavy (non-hydrogen) atoms. The molecule has 4 heteroatoms. The van der Waals surface area contributed by atoms with Gasteiger partial charge in [0, 0.05) is 47.6 Å². The van der Waals surface area contributed by atoms with Gasteiger partial charge in [-0.15, -0.1) is 11.3 Å². The molecular weight excluding hydrogens is 557 g/mol. The molecule has 3 heterocycles. The van der Waals surface area contributed by atoms with Gasteiger partial charge in [0.2, 0.25) is 0 Å². The van der Waals surface area contributed by atoms with Crippen LogP contribution in [0.1, 0.15) is 0 Å². The Balaban J connectivity index is 1.20. The van der Waals surface area contributed by atoms with Gasteiger partial charge in [0.1, 0.15) is 11.2 Å². The number of benzene rings is 6. The highest BCUT2D eigenvalue weighted by molar-refractivity contribution is 7.26. The third-order valence-electron chi connectivity index (χ3n) is 8.31. The molecule has 0 saturated carbocycles. The number of furan rings is 1. The van der Waals surface area contributed by atoms with E-state index in [1.165, 1.54) is 31.3 Å². The average molecular weight is 581 g/mol. The van der Waals surface area contributed by atoms with Gasteiger partial charge in [0.25, 0.3) is 0 Å². The highest BCUT2D eigenvalue weighted by Crippen LogP contribution is 2.42. The molecule has 0 fully saturated rings. The lowest BCUT2D eigenvalue weighted by atomic mass is 10.0. The number of rotatable bonds is 4. The van der Waals surface area contributed by atoms with Crippen LogP contribution in [0.5, 0.6) is 0 Å². The third kappa shape index (κ3) is 4.11. The molecule has 9 rings (SSSR count). The van der Waals surface area contributed by atoms with Gasteiger partial charge in [0.15, 0.2) is 5.82 Å². The Hall–Kier alpha value is -5.58. The normalized spacial score (nSPS) is 11.6. The van der Waals surface area contributed by atoms with Crippen LogP contribution in [0.25, 0.3) is 87.1 Å². The number of fused-ring (bicyclic) bond motifs is 6. The second kappa shape index (κ2) is 10.0. The van der Waals surface area contributed by atoms with Crippen molar-refractivity contribution in [3.8, 4) is 45.0 Å². The Morgan fingerprint density at radius 3 is 1.86 bits per heavy atom. The van der Waals surface area contributed by atoms with Crippen LogP contribution in [-0.4, -0.2) is 9.97 Å². The van der Waals surface area contributed by atoms with Gasteiger partial charge in [-0.1, -0.05) is 115 Å². The summed E-state index contributed by atoms with van der Waals surface area (Å²) in [5.41, 5.74) is 9.22. The molecule has 0 amide bonds. The quantitative estimate of drug-likeness (QED) is 0.208. The van der Waals surface area contributed by atoms with Gasteiger partial charge >= 0.3 is 0 Å². The van der Waals surface area contributed by atoms with Crippen molar-refractivity contribution in [1.82, 2.24) is 9.97 Å². The van der Waals surface area contributed by atoms with Gasteiger partial charge in [-0.2, -0.15) is 0 Å². The first-order valence-corrected chi connectivity index (χ1v) is 15.5. The van der Waals surface area contributed by atoms with Crippen LogP contribution < -0.4 is 0 Å². The highest BCUT2D eigenvalue weighted by Gasteiger charge is 2.15. The number of thiophene rings is 1. The van der Waals surface area contributed by atoms with Gasteiger partial charge in [0.05, 0.1) is 11.4 Å². The summed E-state index contributed by atoms with van der Waals surface area (Å²) in [6.07, 6.45) is 0. The first-order valence-electron chi connectivity index (χ1n) is 14.7. The maximum absolute atomic E-state index is 6.10. The summed E-state index contributed by atoms with van der Waals surface area (Å²) in [6.45, 7) is 0. The summed E-state index contributed by atoms with van der Waals surface area (Å²) in [4.78, 5) is 10.1. The Labute approximate surface area is 257 Å². The predicted molar refractivity (Wildman–Crippen MR) is 184 cm³/mol. The fourth-order valence-electron chi connectivity index (χ4n) is 6.15. The van der Waals surface area contributed by atoms with Crippen molar-refractivity contribution in [2.75, 3.05) is 0 Å². The number of aromatic nitrogens is 2. The van der Waals surface area contributed by atoms with E-state index in [9.17, 15) is 0 Å². The van der Waals surface area contributed by atoms with E-state index in [4.69, 9.17) is 14.4 Å². The maximum atomic E-state index is 6.10. The minimum absolute atomic E-state index is 0.724. The van der Waals surface area contributed by atoms with E-state index in [0.717, 1.165) is 55.8 Å². The highest BCUT2D eigenvalue weighted by atomic mass is 32.1. The smallest absolute Gasteiger partial charge is 0.160 e. The summed E-state index contributed by atoms with van der Waals surface area (Å²) >= 11 is 1.83. The molecule has 0 saturated heterocycles. The van der Waals surface area contributed by atoms with E-state index in [1.54, 1.807) is 0 Å². The Morgan fingerprint density at radius 1 is 0.432 bits per heavy atom. The van der Waals surface area contributed by atoms with Crippen LogP contribution in [0.3, 0.4) is 0 Å². The lowest BCUT2D eigenvalue weighted by Gasteiger charge is -2.09. The third-order valence-corrected chi connectivity index (χ3v) is 9.51. The minimum Gasteiger partial charge on any atom is -0.456 e. The predicted octanol–water partition coefficient (Wildman–Crippen LogP) is 11.4. The second-order valence-corrected chi connectivity index (χ2v) is 12.1. The van der Waals surface area contributed by atoms with Crippen LogP contribution in [-0.2, 0) is 0 Å². The summed E-state index contributed by atoms with van der Waals surface area (Å²) in [7, 11) is 0. The van der Waals surface area contributed by atoms with E-state index in [0.29, 0.717) is 0 Å². The molecular formula is C40H24N2OS. The van der Waals surface area contributed by atoms with E-state index in [-0.39, 0.29) is 0 Å². The van der Waals surface area contributed by atoms with Crippen molar-refractivity contribution >= 4 is 53.4 Å². The topological polar surface area (TPSA) is 38.9 Å². The molecule has 3 nitrogen and oxygen atoms in total. The van der Waals surface area contributed by atoms with Crippen LogP contribution in [0.15, 0.2) is 150 Å². The molecule has 0 bridgehead atoms. The standard InChI is InChI=1S/C40H24N2OS/c1-3-10-25(11-4-1)34-24-35(26-12-5-2-6-13-26)42-40(41-34)28-18-20-31-32-16-9-15-29(39(32)44-38(31)23-28)27-19-21-37-33(22-27)30-14-7-8-17-36(30)43-37/h1-24H. The second-order valence-electron chi connectivity index (χ2n) is 11.0. The van der Waals surface area contributed by atoms with Crippen molar-refractivity contribution in [1.29, 1.82) is 0 Å². The molecule has 0 aliphatic heterocycles. The van der Waals surface area contributed by atoms with E-state index >= 15 is 0 Å². The number of nitrogens with zero attached hydrogens (tertiary/aromatic N) is 2. The summed E-state index contributed by atoms with van der Waals surface area (Å²) in [6, 6.07) is 50.7. The van der Waals surface area contributed by atoms with Gasteiger partial charge in [-0.25, -0.2) is 9.97 Å². The lowest BCUT2D eigenvalue weighted by Crippen LogP contribution is -1.95. The van der Waals surface area contributed by atoms with Crippen LogP contribution >= 0.6 is 11.3 Å². The number of para-hydroxylation sites is 1. The fourth-order valence-corrected chi connectivity index (χ4v) is 7.43. The van der Waals surface area contributed by atoms with Crippen LogP contribution in [0.4, 0.5) is 0 Å². The molecule has 0 N–H and O–H groups in total. The Morgan fingerprint density at radius 2 is 1.09 bits per heavy atom. The summed E-state index contributed by atoms with van der Waals surface area (Å²) in [5, 5.41) is 4.79. The van der Waals surface area contributed by atoms with Gasteiger partial charge in [-0.3, -0.25) is 0 Å². The lowest BCUT2D eigenvalue weighted by molar-refractivity contribution is 0.669. The van der Waals surface area contributed by atoms with Crippen molar-refractivity contribution in [3.63, 3.8) is 0 Å². The zero-order valence-electron chi connectivity index (χ0n) is 23.6. The van der Waals surface area contributed by atoms with E-state index < -0.39 is 0 Å². The fraction of sp³-hybridized carbons (Fsp3) is 0. The van der Waals surface area contributed by atoms with Crippen molar-refractivity contribution in [2.45, 2.75) is 0 Å². The molecule has 0 spiro atoms. The zero-order valence-corrected chi connectivity index (χ0v) is 24.4. The molecule has 0 unspecified atom stereocenters. The average Bonchev–Trinajstić information content (AvgIpc) is 3.66. The molecule has 9 aromatic rings. The van der Waals surface area contributed by atoms with Crippen molar-refractivity contribution in [2.24, 2.45) is 0 Å². The molecule has 0 atom stereocenters. The summed E-state index contributed by atoms with van der Waals surface area (Å²) in [5.74, 6) is 0.724. The first kappa shape index (κ1) is 25.0. The maximum Gasteiger partial charge on any atom is 0.160 e. The largest absolute Gasteiger partial charge is 0.456 e.